The lowest BCUT2D eigenvalue weighted by molar-refractivity contribution is 0.143. The van der Waals surface area contributed by atoms with Crippen LogP contribution in [0.25, 0.3) is 0 Å². The highest BCUT2D eigenvalue weighted by molar-refractivity contribution is 7.97. The van der Waals surface area contributed by atoms with Crippen LogP contribution in [0, 0.1) is 0 Å². The highest BCUT2D eigenvalue weighted by Crippen LogP contribution is 2.23. The van der Waals surface area contributed by atoms with Gasteiger partial charge in [0.1, 0.15) is 0 Å². The average molecular weight is 389 g/mol. The molecule has 0 radical (unpaired) electrons. The van der Waals surface area contributed by atoms with Gasteiger partial charge in [-0.2, -0.15) is 0 Å². The van der Waals surface area contributed by atoms with Crippen molar-refractivity contribution in [1.82, 2.24) is 19.8 Å². The standard InChI is InChI=1S/C19H40N4O2S/c1-6-14(4)21-16-9-22(11-18(16)24)15(5)7-8-26-23-10-17(19(25)12-23)20-13(2)3/h13-21,24-25H,6-12H2,1-5H3/t14?,15?,16-,17-,18-,19-/m1/s1. The molecule has 4 N–H and O–H groups in total. The molecule has 0 bridgehead atoms. The van der Waals surface area contributed by atoms with Crippen LogP contribution in [-0.2, 0) is 0 Å². The molecule has 6 nitrogen and oxygen atoms in total. The van der Waals surface area contributed by atoms with Crippen LogP contribution in [0.1, 0.15) is 47.5 Å². The normalized spacial score (nSPS) is 33.2. The maximum absolute atomic E-state index is 10.3. The Kier molecular flexibility index (Phi) is 9.13. The molecule has 0 aliphatic carbocycles. The van der Waals surface area contributed by atoms with Gasteiger partial charge in [0.15, 0.2) is 0 Å². The summed E-state index contributed by atoms with van der Waals surface area (Å²) in [6.07, 6.45) is 1.64. The number of aliphatic hydroxyl groups excluding tert-OH is 2. The first kappa shape index (κ1) is 22.4. The van der Waals surface area contributed by atoms with Crippen LogP contribution in [0.4, 0.5) is 0 Å². The smallest absolute Gasteiger partial charge is 0.0842 e. The summed E-state index contributed by atoms with van der Waals surface area (Å²) in [4.78, 5) is 2.41. The van der Waals surface area contributed by atoms with Crippen molar-refractivity contribution in [3.05, 3.63) is 0 Å². The molecule has 2 aliphatic heterocycles. The first-order valence-electron chi connectivity index (χ1n) is 10.3. The lowest BCUT2D eigenvalue weighted by atomic mass is 10.1. The molecule has 2 heterocycles. The number of β-amino-alcohol motifs (C(OH)–C–C–N with tert-alkyl or cyclic N) is 2. The lowest BCUT2D eigenvalue weighted by Crippen LogP contribution is -2.44. The highest BCUT2D eigenvalue weighted by atomic mass is 32.2. The van der Waals surface area contributed by atoms with Crippen LogP contribution in [0.5, 0.6) is 0 Å². The van der Waals surface area contributed by atoms with Crippen LogP contribution in [-0.4, -0.2) is 93.8 Å². The van der Waals surface area contributed by atoms with Crippen LogP contribution in [0.15, 0.2) is 0 Å². The van der Waals surface area contributed by atoms with Gasteiger partial charge in [-0.15, -0.1) is 0 Å². The van der Waals surface area contributed by atoms with Crippen LogP contribution in [0.3, 0.4) is 0 Å². The minimum absolute atomic E-state index is 0.182. The van der Waals surface area contributed by atoms with Crippen molar-refractivity contribution in [2.75, 3.05) is 31.9 Å². The van der Waals surface area contributed by atoms with Gasteiger partial charge in [0.05, 0.1) is 12.2 Å². The molecule has 2 rings (SSSR count). The number of nitrogens with zero attached hydrogens (tertiary/aromatic N) is 2. The van der Waals surface area contributed by atoms with Gasteiger partial charge in [-0.1, -0.05) is 32.7 Å². The monoisotopic (exact) mass is 388 g/mol. The zero-order chi connectivity index (χ0) is 19.3. The van der Waals surface area contributed by atoms with Crippen LogP contribution < -0.4 is 10.6 Å². The molecule has 154 valence electrons. The Balaban J connectivity index is 1.67. The van der Waals surface area contributed by atoms with Gasteiger partial charge in [-0.25, -0.2) is 4.31 Å². The third-order valence-electron chi connectivity index (χ3n) is 5.66. The van der Waals surface area contributed by atoms with E-state index in [4.69, 9.17) is 0 Å². The molecular weight excluding hydrogens is 348 g/mol. The summed E-state index contributed by atoms with van der Waals surface area (Å²) < 4.78 is 2.30. The van der Waals surface area contributed by atoms with E-state index in [9.17, 15) is 10.2 Å². The van der Waals surface area contributed by atoms with E-state index >= 15 is 0 Å². The molecule has 7 heteroatoms. The summed E-state index contributed by atoms with van der Waals surface area (Å²) in [7, 11) is 0. The summed E-state index contributed by atoms with van der Waals surface area (Å²) in [5.74, 6) is 1.05. The molecule has 0 saturated carbocycles. The molecule has 26 heavy (non-hydrogen) atoms. The van der Waals surface area contributed by atoms with Crippen molar-refractivity contribution in [3.63, 3.8) is 0 Å². The largest absolute Gasteiger partial charge is 0.390 e. The van der Waals surface area contributed by atoms with Crippen LogP contribution in [0.2, 0.25) is 0 Å². The molecule has 0 aromatic rings. The number of rotatable bonds is 10. The molecule has 2 saturated heterocycles. The quantitative estimate of drug-likeness (QED) is 0.414. The molecule has 0 amide bonds. The third kappa shape index (κ3) is 6.62. The van der Waals surface area contributed by atoms with E-state index in [-0.39, 0.29) is 24.3 Å². The van der Waals surface area contributed by atoms with E-state index in [0.717, 1.165) is 44.8 Å². The van der Waals surface area contributed by atoms with E-state index in [1.807, 2.05) is 11.9 Å². The van der Waals surface area contributed by atoms with E-state index < -0.39 is 0 Å². The summed E-state index contributed by atoms with van der Waals surface area (Å²) in [5, 5.41) is 27.5. The maximum Gasteiger partial charge on any atom is 0.0842 e. The number of hydrogen-bond acceptors (Lipinski definition) is 7. The summed E-state index contributed by atoms with van der Waals surface area (Å²) in [6.45, 7) is 14.2. The maximum atomic E-state index is 10.3. The van der Waals surface area contributed by atoms with E-state index in [2.05, 4.69) is 54.5 Å². The van der Waals surface area contributed by atoms with Gasteiger partial charge >= 0.3 is 0 Å². The van der Waals surface area contributed by atoms with Crippen molar-refractivity contribution in [2.45, 2.75) is 89.9 Å². The van der Waals surface area contributed by atoms with Crippen molar-refractivity contribution in [2.24, 2.45) is 0 Å². The number of aliphatic hydroxyl groups is 2. The fraction of sp³-hybridized carbons (Fsp3) is 1.00. The summed E-state index contributed by atoms with van der Waals surface area (Å²) in [5.41, 5.74) is 0. The molecule has 2 fully saturated rings. The minimum atomic E-state index is -0.275. The number of hydrogen-bond donors (Lipinski definition) is 4. The van der Waals surface area contributed by atoms with Crippen molar-refractivity contribution in [3.8, 4) is 0 Å². The highest BCUT2D eigenvalue weighted by Gasteiger charge is 2.34. The Bertz CT molecular complexity index is 415. The van der Waals surface area contributed by atoms with E-state index in [1.54, 1.807) is 0 Å². The zero-order valence-corrected chi connectivity index (χ0v) is 18.0. The Hall–Kier alpha value is 0.110. The molecule has 2 unspecified atom stereocenters. The lowest BCUT2D eigenvalue weighted by Gasteiger charge is -2.25. The predicted octanol–water partition coefficient (Wildman–Crippen LogP) is 0.890. The fourth-order valence-electron chi connectivity index (χ4n) is 3.81. The van der Waals surface area contributed by atoms with Gasteiger partial charge in [0, 0.05) is 62.1 Å². The molecule has 0 aromatic carbocycles. The first-order chi connectivity index (χ1) is 12.3. The van der Waals surface area contributed by atoms with Crippen LogP contribution >= 0.6 is 11.9 Å². The van der Waals surface area contributed by atoms with Gasteiger partial charge in [-0.05, 0) is 26.7 Å². The van der Waals surface area contributed by atoms with Gasteiger partial charge in [0.2, 0.25) is 0 Å². The Morgan fingerprint density at radius 2 is 1.62 bits per heavy atom. The second-order valence-corrected chi connectivity index (χ2v) is 9.60. The number of likely N-dealkylation sites (tertiary alicyclic amines) is 1. The van der Waals surface area contributed by atoms with Crippen molar-refractivity contribution in [1.29, 1.82) is 0 Å². The van der Waals surface area contributed by atoms with Gasteiger partial charge in [0.25, 0.3) is 0 Å². The molecule has 2 aliphatic rings. The SMILES string of the molecule is CCC(C)N[C@@H]1CN(C(C)CCSN2C[C@@H](O)[C@H](NC(C)C)C2)C[C@H]1O. The van der Waals surface area contributed by atoms with Crippen molar-refractivity contribution >= 4 is 11.9 Å². The fourth-order valence-corrected chi connectivity index (χ4v) is 5.04. The topological polar surface area (TPSA) is 71.0 Å². The third-order valence-corrected chi connectivity index (χ3v) is 6.75. The molecule has 0 spiro atoms. The first-order valence-corrected chi connectivity index (χ1v) is 11.2. The van der Waals surface area contributed by atoms with Crippen molar-refractivity contribution < 1.29 is 10.2 Å². The Morgan fingerprint density at radius 3 is 2.27 bits per heavy atom. The second kappa shape index (κ2) is 10.6. The Labute approximate surface area is 164 Å². The van der Waals surface area contributed by atoms with E-state index in [1.165, 1.54) is 0 Å². The minimum Gasteiger partial charge on any atom is -0.390 e. The van der Waals surface area contributed by atoms with Gasteiger partial charge in [-0.3, -0.25) is 4.90 Å². The zero-order valence-electron chi connectivity index (χ0n) is 17.2. The molecule has 6 atom stereocenters. The number of nitrogens with one attached hydrogen (secondary N) is 2. The Morgan fingerprint density at radius 1 is 0.962 bits per heavy atom. The summed E-state index contributed by atoms with van der Waals surface area (Å²) >= 11 is 1.85. The summed E-state index contributed by atoms with van der Waals surface area (Å²) in [6, 6.07) is 1.70. The molecule has 0 aromatic heterocycles. The predicted molar refractivity (Wildman–Crippen MR) is 110 cm³/mol. The second-order valence-electron chi connectivity index (χ2n) is 8.42. The average Bonchev–Trinajstić information content (AvgIpc) is 3.10. The van der Waals surface area contributed by atoms with E-state index in [0.29, 0.717) is 18.1 Å². The molecular formula is C19H40N4O2S. The van der Waals surface area contributed by atoms with Gasteiger partial charge < -0.3 is 20.8 Å².